The van der Waals surface area contributed by atoms with Crippen LogP contribution in [0.5, 0.6) is 0 Å². The summed E-state index contributed by atoms with van der Waals surface area (Å²) in [4.78, 5) is 21.7. The fraction of sp³-hybridized carbons (Fsp3) is 0.676. The van der Waals surface area contributed by atoms with Crippen LogP contribution in [0.1, 0.15) is 141 Å². The van der Waals surface area contributed by atoms with E-state index in [-0.39, 0.29) is 21.7 Å². The van der Waals surface area contributed by atoms with Gasteiger partial charge >= 0.3 is 8.60 Å². The summed E-state index contributed by atoms with van der Waals surface area (Å²) < 4.78 is 0. The summed E-state index contributed by atoms with van der Waals surface area (Å²) in [6, 6.07) is 8.72. The highest BCUT2D eigenvalue weighted by Gasteiger charge is 2.57. The van der Waals surface area contributed by atoms with Gasteiger partial charge in [-0.05, 0) is 79.0 Å². The summed E-state index contributed by atoms with van der Waals surface area (Å²) in [6.45, 7) is 28.2. The maximum atomic E-state index is 13.9. The van der Waals surface area contributed by atoms with Gasteiger partial charge in [-0.3, -0.25) is 0 Å². The zero-order chi connectivity index (χ0) is 35.6. The molecule has 0 aliphatic rings. The molecule has 0 radical (unpaired) electrons. The molecule has 0 aliphatic heterocycles. The number of hydrogen-bond donors (Lipinski definition) is 7. The number of aliphatic hydroxyl groups excluding tert-OH is 3. The quantitative estimate of drug-likeness (QED) is 0.164. The van der Waals surface area contributed by atoms with Gasteiger partial charge in [0, 0.05) is 0 Å². The monoisotopic (exact) mass is 650 g/mol. The van der Waals surface area contributed by atoms with E-state index in [0.717, 1.165) is 35.1 Å². The van der Waals surface area contributed by atoms with E-state index < -0.39 is 39.4 Å². The zero-order valence-corrected chi connectivity index (χ0v) is 31.3. The van der Waals surface area contributed by atoms with Crippen molar-refractivity contribution < 1.29 is 35.1 Å². The third-order valence-corrected chi connectivity index (χ3v) is 8.84. The summed E-state index contributed by atoms with van der Waals surface area (Å²) in [5.74, 6) is 0. The first-order valence-electron chi connectivity index (χ1n) is 16.0. The van der Waals surface area contributed by atoms with E-state index in [1.54, 1.807) is 0 Å². The maximum absolute atomic E-state index is 13.9. The van der Waals surface area contributed by atoms with Gasteiger partial charge in [0.2, 0.25) is 0 Å². The molecule has 7 N–H and O–H groups in total. The van der Waals surface area contributed by atoms with Crippen LogP contribution in [0.2, 0.25) is 0 Å². The van der Waals surface area contributed by atoms with Crippen molar-refractivity contribution in [3.8, 4) is 0 Å². The molecule has 0 saturated heterocycles. The molecular weight excluding hydrogens is 587 g/mol. The number of benzene rings is 2. The molecule has 0 heterocycles. The lowest BCUT2D eigenvalue weighted by Crippen LogP contribution is -2.57. The van der Waals surface area contributed by atoms with E-state index in [0.29, 0.717) is 11.1 Å². The molecule has 0 fully saturated rings. The minimum Gasteiger partial charge on any atom is -0.395 e. The molecule has 2 aromatic rings. The van der Waals surface area contributed by atoms with Crippen molar-refractivity contribution in [2.24, 2.45) is 5.41 Å². The number of rotatable bonds is 8. The summed E-state index contributed by atoms with van der Waals surface area (Å²) in [5.41, 5.74) is 2.43. The van der Waals surface area contributed by atoms with Crippen molar-refractivity contribution in [3.05, 3.63) is 68.8 Å². The van der Waals surface area contributed by atoms with Gasteiger partial charge in [-0.15, -0.1) is 0 Å². The molecule has 0 atom stereocenters. The third-order valence-electron chi connectivity index (χ3n) is 8.84. The fourth-order valence-corrected chi connectivity index (χ4v) is 6.11. The van der Waals surface area contributed by atoms with Crippen LogP contribution in [0.25, 0.3) is 0 Å². The van der Waals surface area contributed by atoms with E-state index in [2.05, 4.69) is 121 Å². The molecule has 0 spiro atoms. The molecule has 7 nitrogen and oxygen atoms in total. The van der Waals surface area contributed by atoms with Gasteiger partial charge in [0.25, 0.3) is 0 Å². The predicted molar refractivity (Wildman–Crippen MR) is 187 cm³/mol. The maximum Gasteiger partial charge on any atom is 0.324 e. The normalized spacial score (nSPS) is 13.6. The Morgan fingerprint density at radius 3 is 0.822 bits per heavy atom. The molecule has 2 aromatic carbocycles. The van der Waals surface area contributed by atoms with Gasteiger partial charge in [-0.2, -0.15) is 0 Å². The molecule has 258 valence electrons. The number of aryl methyl sites for hydroxylation is 2. The fourth-order valence-electron chi connectivity index (χ4n) is 6.11. The lowest BCUT2D eigenvalue weighted by Gasteiger charge is -2.52. The van der Waals surface area contributed by atoms with Crippen LogP contribution in [0.4, 0.5) is 0 Å². The van der Waals surface area contributed by atoms with Crippen molar-refractivity contribution in [1.82, 2.24) is 0 Å². The minimum absolute atomic E-state index is 0.381. The molecule has 0 amide bonds. The first kappa shape index (κ1) is 41.6. The molecule has 0 saturated carbocycles. The Morgan fingerprint density at radius 1 is 0.489 bits per heavy atom. The lowest BCUT2D eigenvalue weighted by atomic mass is 9.56. The Bertz CT molecular complexity index is 1100. The lowest BCUT2D eigenvalue weighted by molar-refractivity contribution is -0.138. The van der Waals surface area contributed by atoms with Gasteiger partial charge < -0.3 is 35.1 Å². The first-order valence-corrected chi connectivity index (χ1v) is 17.2. The molecule has 2 rings (SSSR count). The SMILES string of the molecule is CCc1cc(C(C)(C)C)c(C(O)(c2c(C(C)(C)C)cc(CC)cc2C(C)(C)C)C(CO)(CO)CO)c(C(C)(C)C)c1.OP(O)O. The molecule has 0 bridgehead atoms. The largest absolute Gasteiger partial charge is 0.395 e. The van der Waals surface area contributed by atoms with Crippen LogP contribution in [-0.2, 0) is 40.1 Å². The second-order valence-corrected chi connectivity index (χ2v) is 17.1. The Kier molecular flexibility index (Phi) is 13.7. The molecule has 45 heavy (non-hydrogen) atoms. The topological polar surface area (TPSA) is 142 Å². The smallest absolute Gasteiger partial charge is 0.324 e. The Labute approximate surface area is 274 Å². The van der Waals surface area contributed by atoms with Crippen molar-refractivity contribution in [2.75, 3.05) is 19.8 Å². The van der Waals surface area contributed by atoms with Gasteiger partial charge in [-0.25, -0.2) is 0 Å². The standard InChI is InChI=1S/C37H60O4.H3O3P/c1-15-24-17-26(32(3,4)5)30(27(18-24)33(6,7)8)37(41,36(21-38,22-39)23-40)31-28(34(9,10)11)19-25(16-2)20-29(31)35(12,13)14;1-4(2)3/h17-20,38-41H,15-16,21-23H2,1-14H3;1-3H. The van der Waals surface area contributed by atoms with Crippen LogP contribution in [0.15, 0.2) is 24.3 Å². The third kappa shape index (κ3) is 8.94. The van der Waals surface area contributed by atoms with Crippen LogP contribution in [0.3, 0.4) is 0 Å². The highest BCUT2D eigenvalue weighted by molar-refractivity contribution is 7.38. The van der Waals surface area contributed by atoms with Gasteiger partial charge in [0.05, 0.1) is 25.2 Å². The van der Waals surface area contributed by atoms with E-state index in [9.17, 15) is 20.4 Å². The number of aliphatic hydroxyl groups is 4. The van der Waals surface area contributed by atoms with Crippen LogP contribution < -0.4 is 0 Å². The first-order chi connectivity index (χ1) is 20.2. The summed E-state index contributed by atoms with van der Waals surface area (Å²) >= 11 is 0. The van der Waals surface area contributed by atoms with E-state index in [4.69, 9.17) is 14.7 Å². The summed E-state index contributed by atoms with van der Waals surface area (Å²) in [6.07, 6.45) is 1.67. The van der Waals surface area contributed by atoms with E-state index in [1.807, 2.05) is 0 Å². The molecule has 0 aliphatic carbocycles. The average molecular weight is 651 g/mol. The van der Waals surface area contributed by atoms with Crippen LogP contribution >= 0.6 is 8.60 Å². The molecular formula is C37H63O7P. The second kappa shape index (κ2) is 14.8. The summed E-state index contributed by atoms with van der Waals surface area (Å²) in [5, 5.41) is 47.3. The van der Waals surface area contributed by atoms with Crippen molar-refractivity contribution in [1.29, 1.82) is 0 Å². The van der Waals surface area contributed by atoms with E-state index >= 15 is 0 Å². The van der Waals surface area contributed by atoms with Crippen LogP contribution in [0, 0.1) is 5.41 Å². The van der Waals surface area contributed by atoms with Crippen molar-refractivity contribution in [3.63, 3.8) is 0 Å². The second-order valence-electron chi connectivity index (χ2n) is 16.6. The highest BCUT2D eigenvalue weighted by Crippen LogP contribution is 2.55. The Hall–Kier alpha value is -1.41. The van der Waals surface area contributed by atoms with Crippen molar-refractivity contribution in [2.45, 2.75) is 137 Å². The zero-order valence-electron chi connectivity index (χ0n) is 30.4. The average Bonchev–Trinajstić information content (AvgIpc) is 2.90. The van der Waals surface area contributed by atoms with Crippen LogP contribution in [-0.4, -0.2) is 54.9 Å². The molecule has 0 aromatic heterocycles. The van der Waals surface area contributed by atoms with Gasteiger partial charge in [0.1, 0.15) is 5.60 Å². The molecule has 0 unspecified atom stereocenters. The minimum atomic E-state index is -2.62. The Morgan fingerprint density at radius 2 is 0.689 bits per heavy atom. The highest BCUT2D eigenvalue weighted by atomic mass is 31.2. The summed E-state index contributed by atoms with van der Waals surface area (Å²) in [7, 11) is -2.62. The van der Waals surface area contributed by atoms with Gasteiger partial charge in [-0.1, -0.05) is 121 Å². The molecule has 8 heteroatoms. The van der Waals surface area contributed by atoms with Crippen molar-refractivity contribution >= 4 is 8.60 Å². The van der Waals surface area contributed by atoms with E-state index in [1.165, 1.54) is 11.1 Å². The van der Waals surface area contributed by atoms with Gasteiger partial charge in [0.15, 0.2) is 0 Å². The Balaban J connectivity index is 0.00000238. The predicted octanol–water partition coefficient (Wildman–Crippen LogP) is 6.39. The number of hydrogen-bond acceptors (Lipinski definition) is 7.